The molecule has 0 aliphatic carbocycles. The largest absolute Gasteiger partial charge is 0.310 e. The second-order valence-corrected chi connectivity index (χ2v) is 6.75. The molecule has 0 aliphatic rings. The minimum absolute atomic E-state index is 0.454. The van der Waals surface area contributed by atoms with Crippen LogP contribution in [0.3, 0.4) is 0 Å². The Bertz CT molecular complexity index is 553. The van der Waals surface area contributed by atoms with Gasteiger partial charge in [0, 0.05) is 30.9 Å². The SMILES string of the molecule is CCNC(CC)c1ccc(-c2ccc(Cl)cc2Br)s1. The van der Waals surface area contributed by atoms with Gasteiger partial charge in [-0.3, -0.25) is 0 Å². The molecule has 0 saturated carbocycles. The second kappa shape index (κ2) is 6.89. The molecule has 0 spiro atoms. The maximum Gasteiger partial charge on any atom is 0.0417 e. The number of halogens is 2. The number of hydrogen-bond donors (Lipinski definition) is 1. The summed E-state index contributed by atoms with van der Waals surface area (Å²) in [7, 11) is 0. The average Bonchev–Trinajstić information content (AvgIpc) is 2.85. The lowest BCUT2D eigenvalue weighted by molar-refractivity contribution is 0.545. The van der Waals surface area contributed by atoms with Crippen LogP contribution in [0.2, 0.25) is 5.02 Å². The Balaban J connectivity index is 2.29. The molecule has 0 saturated heterocycles. The topological polar surface area (TPSA) is 12.0 Å². The van der Waals surface area contributed by atoms with Crippen LogP contribution < -0.4 is 5.32 Å². The fourth-order valence-electron chi connectivity index (χ4n) is 2.07. The third-order valence-corrected chi connectivity index (χ3v) is 5.15. The van der Waals surface area contributed by atoms with Crippen LogP contribution in [0.1, 0.15) is 31.2 Å². The quantitative estimate of drug-likeness (QED) is 0.702. The lowest BCUT2D eigenvalue weighted by Crippen LogP contribution is -2.18. The van der Waals surface area contributed by atoms with E-state index in [4.69, 9.17) is 11.6 Å². The minimum Gasteiger partial charge on any atom is -0.310 e. The molecule has 1 atom stereocenters. The van der Waals surface area contributed by atoms with Gasteiger partial charge in [-0.15, -0.1) is 11.3 Å². The van der Waals surface area contributed by atoms with E-state index in [1.54, 1.807) is 0 Å². The van der Waals surface area contributed by atoms with Crippen LogP contribution in [0.25, 0.3) is 10.4 Å². The van der Waals surface area contributed by atoms with Gasteiger partial charge in [-0.05, 0) is 37.2 Å². The van der Waals surface area contributed by atoms with Crippen LogP contribution in [0.15, 0.2) is 34.8 Å². The van der Waals surface area contributed by atoms with Crippen molar-refractivity contribution < 1.29 is 0 Å². The molecule has 1 aromatic carbocycles. The van der Waals surface area contributed by atoms with Crippen molar-refractivity contribution in [2.24, 2.45) is 0 Å². The second-order valence-electron chi connectivity index (χ2n) is 4.34. The zero-order valence-electron chi connectivity index (χ0n) is 11.0. The van der Waals surface area contributed by atoms with Crippen LogP contribution in [0, 0.1) is 0 Å². The first-order valence-corrected chi connectivity index (χ1v) is 8.43. The summed E-state index contributed by atoms with van der Waals surface area (Å²) in [6.45, 7) is 5.36. The molecule has 1 N–H and O–H groups in total. The maximum atomic E-state index is 5.99. The van der Waals surface area contributed by atoms with Crippen molar-refractivity contribution in [3.05, 3.63) is 44.7 Å². The fourth-order valence-corrected chi connectivity index (χ4v) is 4.30. The van der Waals surface area contributed by atoms with Crippen molar-refractivity contribution >= 4 is 38.9 Å². The van der Waals surface area contributed by atoms with E-state index in [2.05, 4.69) is 53.3 Å². The van der Waals surface area contributed by atoms with Crippen LogP contribution in [-0.2, 0) is 0 Å². The zero-order chi connectivity index (χ0) is 13.8. The predicted octanol–water partition coefficient (Wildman–Crippen LogP) is 5.89. The zero-order valence-corrected chi connectivity index (χ0v) is 14.2. The summed E-state index contributed by atoms with van der Waals surface area (Å²) >= 11 is 11.4. The third-order valence-electron chi connectivity index (χ3n) is 3.03. The maximum absolute atomic E-state index is 5.99. The van der Waals surface area contributed by atoms with Gasteiger partial charge in [0.1, 0.15) is 0 Å². The van der Waals surface area contributed by atoms with Gasteiger partial charge in [-0.25, -0.2) is 0 Å². The molecule has 1 unspecified atom stereocenters. The van der Waals surface area contributed by atoms with Crippen LogP contribution in [-0.4, -0.2) is 6.54 Å². The van der Waals surface area contributed by atoms with Gasteiger partial charge in [-0.2, -0.15) is 0 Å². The monoisotopic (exact) mass is 357 g/mol. The third kappa shape index (κ3) is 3.60. The predicted molar refractivity (Wildman–Crippen MR) is 89.2 cm³/mol. The summed E-state index contributed by atoms with van der Waals surface area (Å²) in [5.74, 6) is 0. The average molecular weight is 359 g/mol. The van der Waals surface area contributed by atoms with Crippen LogP contribution >= 0.6 is 38.9 Å². The van der Waals surface area contributed by atoms with Gasteiger partial charge < -0.3 is 5.32 Å². The van der Waals surface area contributed by atoms with Gasteiger partial charge in [0.25, 0.3) is 0 Å². The molecular formula is C15H17BrClNS. The lowest BCUT2D eigenvalue weighted by atomic mass is 10.1. The Labute approximate surface area is 132 Å². The van der Waals surface area contributed by atoms with Gasteiger partial charge in [0.2, 0.25) is 0 Å². The fraction of sp³-hybridized carbons (Fsp3) is 0.333. The Morgan fingerprint density at radius 2 is 2.05 bits per heavy atom. The first-order valence-electron chi connectivity index (χ1n) is 6.44. The van der Waals surface area contributed by atoms with Crippen molar-refractivity contribution in [2.45, 2.75) is 26.3 Å². The highest BCUT2D eigenvalue weighted by molar-refractivity contribution is 9.10. The van der Waals surface area contributed by atoms with Gasteiger partial charge in [-0.1, -0.05) is 47.4 Å². The summed E-state index contributed by atoms with van der Waals surface area (Å²) in [4.78, 5) is 2.66. The Morgan fingerprint density at radius 3 is 2.68 bits per heavy atom. The Kier molecular flexibility index (Phi) is 5.46. The van der Waals surface area contributed by atoms with Crippen molar-refractivity contribution in [1.29, 1.82) is 0 Å². The molecule has 1 aromatic heterocycles. The van der Waals surface area contributed by atoms with Gasteiger partial charge in [0.05, 0.1) is 0 Å². The van der Waals surface area contributed by atoms with E-state index in [9.17, 15) is 0 Å². The van der Waals surface area contributed by atoms with Crippen molar-refractivity contribution in [3.63, 3.8) is 0 Å². The number of rotatable bonds is 5. The van der Waals surface area contributed by atoms with E-state index >= 15 is 0 Å². The van der Waals surface area contributed by atoms with Crippen molar-refractivity contribution in [2.75, 3.05) is 6.54 Å². The Hall–Kier alpha value is -0.350. The number of hydrogen-bond acceptors (Lipinski definition) is 2. The van der Waals surface area contributed by atoms with E-state index in [-0.39, 0.29) is 0 Å². The molecule has 2 rings (SSSR count). The summed E-state index contributed by atoms with van der Waals surface area (Å²) in [5, 5.41) is 4.27. The molecule has 4 heteroatoms. The van der Waals surface area contributed by atoms with Crippen LogP contribution in [0.4, 0.5) is 0 Å². The number of nitrogens with one attached hydrogen (secondary N) is 1. The van der Waals surface area contributed by atoms with Gasteiger partial charge in [0.15, 0.2) is 0 Å². The molecular weight excluding hydrogens is 342 g/mol. The molecule has 2 aromatic rings. The van der Waals surface area contributed by atoms with E-state index in [0.29, 0.717) is 6.04 Å². The molecule has 102 valence electrons. The smallest absolute Gasteiger partial charge is 0.0417 e. The van der Waals surface area contributed by atoms with Crippen molar-refractivity contribution in [1.82, 2.24) is 5.32 Å². The minimum atomic E-state index is 0.454. The summed E-state index contributed by atoms with van der Waals surface area (Å²) in [5.41, 5.74) is 1.20. The molecule has 0 radical (unpaired) electrons. The molecule has 0 fully saturated rings. The van der Waals surface area contributed by atoms with Crippen LogP contribution in [0.5, 0.6) is 0 Å². The normalized spacial score (nSPS) is 12.6. The first-order chi connectivity index (χ1) is 9.15. The van der Waals surface area contributed by atoms with E-state index < -0.39 is 0 Å². The number of thiophene rings is 1. The van der Waals surface area contributed by atoms with Gasteiger partial charge >= 0.3 is 0 Å². The molecule has 1 nitrogen and oxygen atoms in total. The molecule has 0 aliphatic heterocycles. The van der Waals surface area contributed by atoms with Crippen molar-refractivity contribution in [3.8, 4) is 10.4 Å². The summed E-state index contributed by atoms with van der Waals surface area (Å²) in [6, 6.07) is 10.8. The van der Waals surface area contributed by atoms with E-state index in [1.165, 1.54) is 15.3 Å². The highest BCUT2D eigenvalue weighted by atomic mass is 79.9. The Morgan fingerprint density at radius 1 is 1.26 bits per heavy atom. The molecule has 19 heavy (non-hydrogen) atoms. The summed E-state index contributed by atoms with van der Waals surface area (Å²) in [6.07, 6.45) is 1.11. The standard InChI is InChI=1S/C15H17BrClNS/c1-3-13(18-4-2)15-8-7-14(19-15)11-6-5-10(17)9-12(11)16/h5-9,13,18H,3-4H2,1-2H3. The molecule has 1 heterocycles. The highest BCUT2D eigenvalue weighted by Crippen LogP contribution is 2.37. The molecule has 0 bridgehead atoms. The van der Waals surface area contributed by atoms with E-state index in [1.807, 2.05) is 23.5 Å². The molecule has 0 amide bonds. The van der Waals surface area contributed by atoms with E-state index in [0.717, 1.165) is 22.5 Å². The highest BCUT2D eigenvalue weighted by Gasteiger charge is 2.12. The number of benzene rings is 1. The first kappa shape index (κ1) is 15.0. The summed E-state index contributed by atoms with van der Waals surface area (Å²) < 4.78 is 1.05. The lowest BCUT2D eigenvalue weighted by Gasteiger charge is -2.13.